The van der Waals surface area contributed by atoms with E-state index in [1.807, 2.05) is 35.6 Å². The predicted molar refractivity (Wildman–Crippen MR) is 105 cm³/mol. The average molecular weight is 371 g/mol. The highest BCUT2D eigenvalue weighted by Crippen LogP contribution is 2.27. The fourth-order valence-corrected chi connectivity index (χ4v) is 3.81. The molecule has 28 heavy (non-hydrogen) atoms. The molecule has 0 radical (unpaired) electrons. The molecule has 140 valence electrons. The van der Waals surface area contributed by atoms with E-state index in [2.05, 4.69) is 20.6 Å². The van der Waals surface area contributed by atoms with E-state index < -0.39 is 0 Å². The monoisotopic (exact) mass is 371 g/mol. The van der Waals surface area contributed by atoms with Gasteiger partial charge >= 0.3 is 0 Å². The van der Waals surface area contributed by atoms with Crippen LogP contribution in [-0.2, 0) is 6.54 Å². The van der Waals surface area contributed by atoms with Crippen molar-refractivity contribution in [2.24, 2.45) is 0 Å². The van der Waals surface area contributed by atoms with E-state index in [1.165, 1.54) is 0 Å². The molecule has 1 aromatic carbocycles. The summed E-state index contributed by atoms with van der Waals surface area (Å²) in [4.78, 5) is 23.6. The molecular formula is C22H21N5O. The second-order valence-corrected chi connectivity index (χ2v) is 7.02. The van der Waals surface area contributed by atoms with Gasteiger partial charge in [0.05, 0.1) is 23.7 Å². The Bertz CT molecular complexity index is 1010. The van der Waals surface area contributed by atoms with Crippen molar-refractivity contribution < 1.29 is 4.79 Å². The van der Waals surface area contributed by atoms with E-state index in [4.69, 9.17) is 0 Å². The molecule has 1 amide bonds. The summed E-state index contributed by atoms with van der Waals surface area (Å²) in [6.07, 6.45) is 9.34. The smallest absolute Gasteiger partial charge is 0.255 e. The zero-order valence-electron chi connectivity index (χ0n) is 15.5. The molecule has 0 N–H and O–H groups in total. The van der Waals surface area contributed by atoms with Crippen LogP contribution in [-0.4, -0.2) is 38.4 Å². The van der Waals surface area contributed by atoms with Gasteiger partial charge in [0.1, 0.15) is 5.82 Å². The summed E-state index contributed by atoms with van der Waals surface area (Å²) in [6, 6.07) is 13.1. The predicted octanol–water partition coefficient (Wildman–Crippen LogP) is 3.22. The largest absolute Gasteiger partial charge is 0.338 e. The summed E-state index contributed by atoms with van der Waals surface area (Å²) >= 11 is 0. The Morgan fingerprint density at radius 1 is 1.21 bits per heavy atom. The Morgan fingerprint density at radius 3 is 2.93 bits per heavy atom. The zero-order valence-corrected chi connectivity index (χ0v) is 15.5. The van der Waals surface area contributed by atoms with Crippen molar-refractivity contribution in [1.82, 2.24) is 19.4 Å². The minimum atomic E-state index is -0.0767. The van der Waals surface area contributed by atoms with Crippen LogP contribution in [0, 0.1) is 11.3 Å². The standard InChI is InChI=1S/C22H21N5O/c23-13-18-6-1-2-8-20(18)22(28)27-11-4-7-19(16-27)21-25-10-12-26(21)15-17-5-3-9-24-14-17/h1-3,5-6,8-10,12,14,19H,4,7,11,15-16H2/t19-/m0/s1. The molecule has 1 fully saturated rings. The van der Waals surface area contributed by atoms with E-state index in [-0.39, 0.29) is 11.8 Å². The molecule has 0 bridgehead atoms. The number of hydrogen-bond donors (Lipinski definition) is 0. The third-order valence-electron chi connectivity index (χ3n) is 5.18. The maximum absolute atomic E-state index is 13.0. The quantitative estimate of drug-likeness (QED) is 0.706. The van der Waals surface area contributed by atoms with Crippen LogP contribution >= 0.6 is 0 Å². The highest BCUT2D eigenvalue weighted by Gasteiger charge is 2.28. The van der Waals surface area contributed by atoms with Crippen molar-refractivity contribution in [3.63, 3.8) is 0 Å². The molecule has 0 saturated carbocycles. The first-order valence-corrected chi connectivity index (χ1v) is 9.44. The fourth-order valence-electron chi connectivity index (χ4n) is 3.81. The molecule has 1 atom stereocenters. The van der Waals surface area contributed by atoms with Gasteiger partial charge in [-0.1, -0.05) is 18.2 Å². The summed E-state index contributed by atoms with van der Waals surface area (Å²) in [5.41, 5.74) is 2.02. The Morgan fingerprint density at radius 2 is 2.11 bits per heavy atom. The molecule has 4 rings (SSSR count). The number of pyridine rings is 1. The van der Waals surface area contributed by atoms with E-state index in [0.717, 1.165) is 24.2 Å². The average Bonchev–Trinajstić information content (AvgIpc) is 3.22. The molecule has 3 aromatic rings. The number of amides is 1. The number of carbonyl (C=O) groups excluding carboxylic acids is 1. The minimum Gasteiger partial charge on any atom is -0.338 e. The molecular weight excluding hydrogens is 350 g/mol. The normalized spacial score (nSPS) is 16.5. The molecule has 0 aliphatic carbocycles. The number of hydrogen-bond acceptors (Lipinski definition) is 4. The Labute approximate surface area is 164 Å². The lowest BCUT2D eigenvalue weighted by molar-refractivity contribution is 0.0703. The summed E-state index contributed by atoms with van der Waals surface area (Å²) in [7, 11) is 0. The van der Waals surface area contributed by atoms with Crippen molar-refractivity contribution in [2.75, 3.05) is 13.1 Å². The van der Waals surface area contributed by atoms with Gasteiger partial charge in [0.2, 0.25) is 0 Å². The number of carbonyl (C=O) groups is 1. The van der Waals surface area contributed by atoms with Crippen LogP contribution in [0.15, 0.2) is 61.2 Å². The van der Waals surface area contributed by atoms with Crippen LogP contribution in [0.3, 0.4) is 0 Å². The number of imidazole rings is 1. The van der Waals surface area contributed by atoms with Crippen LogP contribution in [0.5, 0.6) is 0 Å². The van der Waals surface area contributed by atoms with Crippen molar-refractivity contribution in [1.29, 1.82) is 5.26 Å². The summed E-state index contributed by atoms with van der Waals surface area (Å²) in [5, 5.41) is 9.31. The van der Waals surface area contributed by atoms with Crippen LogP contribution in [0.2, 0.25) is 0 Å². The lowest BCUT2D eigenvalue weighted by atomic mass is 9.95. The van der Waals surface area contributed by atoms with Gasteiger partial charge in [0.25, 0.3) is 5.91 Å². The number of piperidine rings is 1. The Balaban J connectivity index is 1.53. The number of nitrogens with zero attached hydrogens (tertiary/aromatic N) is 5. The van der Waals surface area contributed by atoms with Crippen molar-refractivity contribution >= 4 is 5.91 Å². The lowest BCUT2D eigenvalue weighted by Gasteiger charge is -2.33. The summed E-state index contributed by atoms with van der Waals surface area (Å²) < 4.78 is 2.14. The van der Waals surface area contributed by atoms with Gasteiger partial charge in [0.15, 0.2) is 0 Å². The molecule has 2 aromatic heterocycles. The third kappa shape index (κ3) is 3.65. The fraction of sp³-hybridized carbons (Fsp3) is 0.273. The van der Waals surface area contributed by atoms with Crippen LogP contribution < -0.4 is 0 Å². The van der Waals surface area contributed by atoms with Crippen molar-refractivity contribution in [3.8, 4) is 6.07 Å². The van der Waals surface area contributed by atoms with Crippen molar-refractivity contribution in [2.45, 2.75) is 25.3 Å². The highest BCUT2D eigenvalue weighted by atomic mass is 16.2. The zero-order chi connectivity index (χ0) is 19.3. The van der Waals surface area contributed by atoms with Gasteiger partial charge in [-0.05, 0) is 36.6 Å². The number of benzene rings is 1. The second-order valence-electron chi connectivity index (χ2n) is 7.02. The van der Waals surface area contributed by atoms with Crippen LogP contribution in [0.1, 0.15) is 46.1 Å². The third-order valence-corrected chi connectivity index (χ3v) is 5.18. The van der Waals surface area contributed by atoms with Gasteiger partial charge in [-0.15, -0.1) is 0 Å². The second kappa shape index (κ2) is 8.05. The Hall–Kier alpha value is -3.46. The number of likely N-dealkylation sites (tertiary alicyclic amines) is 1. The Kier molecular flexibility index (Phi) is 5.16. The molecule has 0 spiro atoms. The van der Waals surface area contributed by atoms with E-state index >= 15 is 0 Å². The molecule has 1 aliphatic rings. The molecule has 1 aliphatic heterocycles. The first-order chi connectivity index (χ1) is 13.8. The van der Waals surface area contributed by atoms with Crippen molar-refractivity contribution in [3.05, 3.63) is 83.7 Å². The molecule has 6 heteroatoms. The maximum atomic E-state index is 13.0. The van der Waals surface area contributed by atoms with Gasteiger partial charge in [-0.25, -0.2) is 4.98 Å². The van der Waals surface area contributed by atoms with Crippen LogP contribution in [0.4, 0.5) is 0 Å². The molecule has 3 heterocycles. The minimum absolute atomic E-state index is 0.0767. The number of rotatable bonds is 4. The lowest BCUT2D eigenvalue weighted by Crippen LogP contribution is -2.40. The maximum Gasteiger partial charge on any atom is 0.255 e. The highest BCUT2D eigenvalue weighted by molar-refractivity contribution is 5.96. The van der Waals surface area contributed by atoms with E-state index in [1.54, 1.807) is 30.5 Å². The molecule has 6 nitrogen and oxygen atoms in total. The first kappa shape index (κ1) is 17.9. The number of aromatic nitrogens is 3. The first-order valence-electron chi connectivity index (χ1n) is 9.44. The van der Waals surface area contributed by atoms with Gasteiger partial charge in [0, 0.05) is 43.8 Å². The SMILES string of the molecule is N#Cc1ccccc1C(=O)N1CCC[C@H](c2nccn2Cc2cccnc2)C1. The molecule has 0 unspecified atom stereocenters. The van der Waals surface area contributed by atoms with E-state index in [0.29, 0.717) is 30.8 Å². The van der Waals surface area contributed by atoms with Gasteiger partial charge in [-0.3, -0.25) is 9.78 Å². The van der Waals surface area contributed by atoms with E-state index in [9.17, 15) is 10.1 Å². The summed E-state index contributed by atoms with van der Waals surface area (Å²) in [6.45, 7) is 2.03. The molecule has 1 saturated heterocycles. The van der Waals surface area contributed by atoms with Crippen LogP contribution in [0.25, 0.3) is 0 Å². The van der Waals surface area contributed by atoms with Gasteiger partial charge < -0.3 is 9.47 Å². The topological polar surface area (TPSA) is 74.8 Å². The number of nitriles is 1. The summed E-state index contributed by atoms with van der Waals surface area (Å²) in [5.74, 6) is 1.10. The van der Waals surface area contributed by atoms with Gasteiger partial charge in [-0.2, -0.15) is 5.26 Å².